The molecule has 8 nitrogen and oxygen atoms in total. The van der Waals surface area contributed by atoms with Crippen LogP contribution in [0, 0.1) is 11.8 Å². The van der Waals surface area contributed by atoms with Gasteiger partial charge in [-0.15, -0.1) is 0 Å². The quantitative estimate of drug-likeness (QED) is 0.681. The van der Waals surface area contributed by atoms with Gasteiger partial charge in [0.2, 0.25) is 5.91 Å². The van der Waals surface area contributed by atoms with Gasteiger partial charge in [-0.1, -0.05) is 0 Å². The smallest absolute Gasteiger partial charge is 0.257 e. The van der Waals surface area contributed by atoms with Crippen molar-refractivity contribution in [3.05, 3.63) is 30.0 Å². The summed E-state index contributed by atoms with van der Waals surface area (Å²) in [7, 11) is 0. The molecule has 2 aliphatic heterocycles. The molecule has 31 heavy (non-hydrogen) atoms. The first-order valence-electron chi connectivity index (χ1n) is 10.9. The number of imidazole rings is 1. The summed E-state index contributed by atoms with van der Waals surface area (Å²) in [5.41, 5.74) is 9.44. The van der Waals surface area contributed by atoms with E-state index in [-0.39, 0.29) is 11.8 Å². The number of rotatable bonds is 5. The first-order valence-corrected chi connectivity index (χ1v) is 10.9. The third kappa shape index (κ3) is 3.26. The Labute approximate surface area is 179 Å². The summed E-state index contributed by atoms with van der Waals surface area (Å²) in [5.74, 6) is 2.87. The van der Waals surface area contributed by atoms with E-state index in [2.05, 4.69) is 21.7 Å². The highest BCUT2D eigenvalue weighted by Crippen LogP contribution is 2.41. The number of fused-ring (bicyclic) bond motifs is 1. The second-order valence-electron chi connectivity index (χ2n) is 8.53. The van der Waals surface area contributed by atoms with Crippen molar-refractivity contribution in [1.82, 2.24) is 14.5 Å². The second kappa shape index (κ2) is 7.14. The van der Waals surface area contributed by atoms with Crippen LogP contribution >= 0.6 is 0 Å². The number of aromatic nitrogens is 3. The van der Waals surface area contributed by atoms with Crippen molar-refractivity contribution >= 4 is 16.9 Å². The van der Waals surface area contributed by atoms with Crippen LogP contribution in [0.3, 0.4) is 0 Å². The lowest BCUT2D eigenvalue weighted by Gasteiger charge is -2.17. The number of primary amides is 1. The standard InChI is InChI=1S/C23H24N4O4/c24-21(28)16(14-2-3-14)8-13-9-17-20-18(10-13)29-5-1-4-27(20)22(26-17)15-11-19-23(25-12-15)31-7-6-30-19/h9-12,14,16H,1-8H2,(H2,24,28)/t16-/m0/s1. The molecule has 160 valence electrons. The van der Waals surface area contributed by atoms with Gasteiger partial charge in [-0.25, -0.2) is 9.97 Å². The van der Waals surface area contributed by atoms with E-state index in [1.807, 2.05) is 6.07 Å². The van der Waals surface area contributed by atoms with Crippen molar-refractivity contribution in [2.75, 3.05) is 19.8 Å². The Kier molecular flexibility index (Phi) is 4.26. The van der Waals surface area contributed by atoms with Crippen LogP contribution in [0.2, 0.25) is 0 Å². The fraction of sp³-hybridized carbons (Fsp3) is 0.435. The van der Waals surface area contributed by atoms with Gasteiger partial charge in [0.05, 0.1) is 12.1 Å². The number of carbonyl (C=O) groups is 1. The van der Waals surface area contributed by atoms with Crippen LogP contribution in [0.15, 0.2) is 24.4 Å². The molecule has 0 saturated heterocycles. The van der Waals surface area contributed by atoms with Crippen LogP contribution in [0.1, 0.15) is 24.8 Å². The lowest BCUT2D eigenvalue weighted by Crippen LogP contribution is -2.26. The zero-order valence-electron chi connectivity index (χ0n) is 17.2. The minimum Gasteiger partial charge on any atom is -0.491 e. The lowest BCUT2D eigenvalue weighted by atomic mass is 9.94. The average molecular weight is 420 g/mol. The molecule has 1 saturated carbocycles. The van der Waals surface area contributed by atoms with Crippen molar-refractivity contribution in [2.24, 2.45) is 17.6 Å². The fourth-order valence-corrected chi connectivity index (χ4v) is 4.66. The number of hydrogen-bond donors (Lipinski definition) is 1. The highest BCUT2D eigenvalue weighted by atomic mass is 16.6. The van der Waals surface area contributed by atoms with Crippen LogP contribution in [-0.4, -0.2) is 40.3 Å². The predicted molar refractivity (Wildman–Crippen MR) is 113 cm³/mol. The van der Waals surface area contributed by atoms with Crippen molar-refractivity contribution in [1.29, 1.82) is 0 Å². The van der Waals surface area contributed by atoms with Gasteiger partial charge >= 0.3 is 0 Å². The van der Waals surface area contributed by atoms with Crippen LogP contribution in [-0.2, 0) is 17.8 Å². The van der Waals surface area contributed by atoms with E-state index in [1.54, 1.807) is 6.20 Å². The minimum atomic E-state index is -0.219. The maximum absolute atomic E-state index is 12.0. The van der Waals surface area contributed by atoms with Gasteiger partial charge in [-0.3, -0.25) is 4.79 Å². The van der Waals surface area contributed by atoms with Gasteiger partial charge < -0.3 is 24.5 Å². The highest BCUT2D eigenvalue weighted by Gasteiger charge is 2.35. The maximum Gasteiger partial charge on any atom is 0.257 e. The van der Waals surface area contributed by atoms with Crippen molar-refractivity contribution in [2.45, 2.75) is 32.2 Å². The van der Waals surface area contributed by atoms with Gasteiger partial charge in [-0.05, 0) is 55.4 Å². The maximum atomic E-state index is 12.0. The Morgan fingerprint density at radius 1 is 1.13 bits per heavy atom. The Hall–Kier alpha value is -3.29. The van der Waals surface area contributed by atoms with Gasteiger partial charge in [-0.2, -0.15) is 0 Å². The molecule has 0 spiro atoms. The van der Waals surface area contributed by atoms with Gasteiger partial charge in [0.15, 0.2) is 5.75 Å². The molecule has 2 aromatic heterocycles. The van der Waals surface area contributed by atoms with Gasteiger partial charge in [0, 0.05) is 24.2 Å². The number of benzene rings is 1. The number of amides is 1. The number of nitrogens with zero attached hydrogens (tertiary/aromatic N) is 3. The van der Waals surface area contributed by atoms with Crippen molar-refractivity contribution in [3.8, 4) is 28.8 Å². The summed E-state index contributed by atoms with van der Waals surface area (Å²) < 4.78 is 19.5. The largest absolute Gasteiger partial charge is 0.491 e. The normalized spacial score (nSPS) is 18.3. The van der Waals surface area contributed by atoms with Crippen LogP contribution in [0.4, 0.5) is 0 Å². The monoisotopic (exact) mass is 420 g/mol. The topological polar surface area (TPSA) is 101 Å². The molecular weight excluding hydrogens is 396 g/mol. The number of aryl methyl sites for hydroxylation is 1. The van der Waals surface area contributed by atoms with Crippen molar-refractivity contribution in [3.63, 3.8) is 0 Å². The third-order valence-electron chi connectivity index (χ3n) is 6.32. The predicted octanol–water partition coefficient (Wildman–Crippen LogP) is 2.71. The Balaban J connectivity index is 1.45. The molecule has 1 atom stereocenters. The van der Waals surface area contributed by atoms with Gasteiger partial charge in [0.1, 0.15) is 30.3 Å². The molecule has 2 N–H and O–H groups in total. The number of nitrogens with two attached hydrogens (primary N) is 1. The first kappa shape index (κ1) is 18.5. The van der Waals surface area contributed by atoms with Gasteiger partial charge in [0.25, 0.3) is 5.88 Å². The molecule has 1 aromatic carbocycles. The van der Waals surface area contributed by atoms with E-state index < -0.39 is 0 Å². The SMILES string of the molecule is NC(=O)[C@@H](Cc1cc2c3c(c1)nc(-c1cnc4c(c1)OCCO4)n3CCCO2)C1CC1. The highest BCUT2D eigenvalue weighted by molar-refractivity contribution is 5.87. The average Bonchev–Trinajstić information content (AvgIpc) is 3.57. The zero-order chi connectivity index (χ0) is 20.9. The molecule has 3 aliphatic rings. The summed E-state index contributed by atoms with van der Waals surface area (Å²) in [4.78, 5) is 21.3. The molecule has 0 unspecified atom stereocenters. The van der Waals surface area contributed by atoms with E-state index >= 15 is 0 Å². The molecule has 1 fully saturated rings. The Bertz CT molecular complexity index is 1180. The summed E-state index contributed by atoms with van der Waals surface area (Å²) in [6.07, 6.45) is 5.44. The number of pyridine rings is 1. The molecular formula is C23H24N4O4. The second-order valence-corrected chi connectivity index (χ2v) is 8.53. The molecule has 0 radical (unpaired) electrons. The van der Waals surface area contributed by atoms with E-state index in [9.17, 15) is 4.79 Å². The third-order valence-corrected chi connectivity index (χ3v) is 6.32. The molecule has 4 heterocycles. The zero-order valence-corrected chi connectivity index (χ0v) is 17.2. The fourth-order valence-electron chi connectivity index (χ4n) is 4.66. The Morgan fingerprint density at radius 3 is 2.81 bits per heavy atom. The Morgan fingerprint density at radius 2 is 1.97 bits per heavy atom. The van der Waals surface area contributed by atoms with E-state index in [1.165, 1.54) is 0 Å². The minimum absolute atomic E-state index is 0.126. The van der Waals surface area contributed by atoms with Crippen molar-refractivity contribution < 1.29 is 19.0 Å². The molecule has 1 amide bonds. The molecule has 3 aromatic rings. The van der Waals surface area contributed by atoms with E-state index in [4.69, 9.17) is 24.9 Å². The number of carbonyl (C=O) groups excluding carboxylic acids is 1. The summed E-state index contributed by atoms with van der Waals surface area (Å²) in [6.45, 7) is 2.46. The molecule has 8 heteroatoms. The summed E-state index contributed by atoms with van der Waals surface area (Å²) in [5, 5.41) is 0. The number of hydrogen-bond acceptors (Lipinski definition) is 6. The van der Waals surface area contributed by atoms with Crippen LogP contribution in [0.5, 0.6) is 17.4 Å². The molecule has 0 bridgehead atoms. The summed E-state index contributed by atoms with van der Waals surface area (Å²) >= 11 is 0. The lowest BCUT2D eigenvalue weighted by molar-refractivity contribution is -0.122. The van der Waals surface area contributed by atoms with Crippen LogP contribution in [0.25, 0.3) is 22.4 Å². The van der Waals surface area contributed by atoms with E-state index in [0.717, 1.165) is 59.5 Å². The van der Waals surface area contributed by atoms with E-state index in [0.29, 0.717) is 43.8 Å². The molecule has 6 rings (SSSR count). The molecule has 1 aliphatic carbocycles. The number of ether oxygens (including phenoxy) is 3. The first-order chi connectivity index (χ1) is 15.2. The summed E-state index contributed by atoms with van der Waals surface area (Å²) in [6, 6.07) is 6.06. The van der Waals surface area contributed by atoms with Crippen LogP contribution < -0.4 is 19.9 Å².